The van der Waals surface area contributed by atoms with Crippen molar-refractivity contribution < 1.29 is 14.7 Å². The Bertz CT molecular complexity index is 406. The first kappa shape index (κ1) is 12.0. The zero-order valence-electron chi connectivity index (χ0n) is 8.51. The first-order valence-electron chi connectivity index (χ1n) is 4.63. The highest BCUT2D eigenvalue weighted by Crippen LogP contribution is 2.11. The summed E-state index contributed by atoms with van der Waals surface area (Å²) in [4.78, 5) is 21.2. The molecular weight excluding hydrogens is 210 g/mol. The molecule has 6 nitrogen and oxygen atoms in total. The number of nitrogens with two attached hydrogens (primary N) is 2. The standard InChI is InChI=1S/C10H13N3O3/c11-8(9(14)15)5-6-2-1-3-7(4-6)13-10(12)16/h1-4,8H,5,11H2,(H,14,15)(H3,12,13,16). The van der Waals surface area contributed by atoms with Gasteiger partial charge in [0.15, 0.2) is 0 Å². The van der Waals surface area contributed by atoms with Crippen molar-refractivity contribution in [3.05, 3.63) is 29.8 Å². The third-order valence-corrected chi connectivity index (χ3v) is 1.97. The number of hydrogen-bond donors (Lipinski definition) is 4. The van der Waals surface area contributed by atoms with Gasteiger partial charge in [-0.2, -0.15) is 0 Å². The highest BCUT2D eigenvalue weighted by molar-refractivity contribution is 5.87. The monoisotopic (exact) mass is 223 g/mol. The molecule has 0 fully saturated rings. The van der Waals surface area contributed by atoms with Crippen LogP contribution in [0.4, 0.5) is 10.5 Å². The fraction of sp³-hybridized carbons (Fsp3) is 0.200. The molecule has 1 rings (SSSR count). The molecular formula is C10H13N3O3. The van der Waals surface area contributed by atoms with Crippen molar-refractivity contribution in [1.82, 2.24) is 0 Å². The quantitative estimate of drug-likeness (QED) is 0.580. The summed E-state index contributed by atoms with van der Waals surface area (Å²) in [6.45, 7) is 0. The predicted octanol–water partition coefficient (Wildman–Crippen LogP) is 0.132. The maximum Gasteiger partial charge on any atom is 0.320 e. The maximum atomic E-state index is 10.6. The van der Waals surface area contributed by atoms with E-state index in [0.29, 0.717) is 5.69 Å². The van der Waals surface area contributed by atoms with Crippen LogP contribution in [0.5, 0.6) is 0 Å². The Hall–Kier alpha value is -2.08. The molecule has 1 aromatic rings. The van der Waals surface area contributed by atoms with Crippen LogP contribution in [0, 0.1) is 0 Å². The maximum absolute atomic E-state index is 10.6. The van der Waals surface area contributed by atoms with Gasteiger partial charge in [-0.05, 0) is 24.1 Å². The molecule has 16 heavy (non-hydrogen) atoms. The first-order valence-corrected chi connectivity index (χ1v) is 4.63. The minimum absolute atomic E-state index is 0.198. The number of rotatable bonds is 4. The van der Waals surface area contributed by atoms with Crippen LogP contribution >= 0.6 is 0 Å². The molecule has 0 aromatic heterocycles. The molecule has 86 valence electrons. The summed E-state index contributed by atoms with van der Waals surface area (Å²) >= 11 is 0. The molecule has 0 spiro atoms. The van der Waals surface area contributed by atoms with E-state index in [-0.39, 0.29) is 6.42 Å². The minimum Gasteiger partial charge on any atom is -0.480 e. The molecule has 6 N–H and O–H groups in total. The molecule has 0 aliphatic carbocycles. The SMILES string of the molecule is NC(=O)Nc1cccc(CC(N)C(=O)O)c1. The lowest BCUT2D eigenvalue weighted by atomic mass is 10.1. The van der Waals surface area contributed by atoms with Crippen molar-refractivity contribution in [2.24, 2.45) is 11.5 Å². The first-order chi connectivity index (χ1) is 7.49. The normalized spacial score (nSPS) is 11.8. The summed E-state index contributed by atoms with van der Waals surface area (Å²) in [6, 6.07) is 5.08. The summed E-state index contributed by atoms with van der Waals surface area (Å²) in [6.07, 6.45) is 0.198. The van der Waals surface area contributed by atoms with E-state index >= 15 is 0 Å². The molecule has 0 saturated carbocycles. The summed E-state index contributed by atoms with van der Waals surface area (Å²) in [5, 5.41) is 11.0. The number of urea groups is 1. The Labute approximate surface area is 92.2 Å². The van der Waals surface area contributed by atoms with E-state index in [4.69, 9.17) is 16.6 Å². The number of carboxylic acid groups (broad SMARTS) is 1. The number of primary amides is 1. The van der Waals surface area contributed by atoms with Gasteiger partial charge in [0.1, 0.15) is 6.04 Å². The topological polar surface area (TPSA) is 118 Å². The second kappa shape index (κ2) is 5.13. The van der Waals surface area contributed by atoms with E-state index < -0.39 is 18.0 Å². The second-order valence-corrected chi connectivity index (χ2v) is 3.34. The van der Waals surface area contributed by atoms with E-state index in [1.54, 1.807) is 24.3 Å². The number of benzene rings is 1. The van der Waals surface area contributed by atoms with Crippen molar-refractivity contribution in [2.45, 2.75) is 12.5 Å². The van der Waals surface area contributed by atoms with Crippen molar-refractivity contribution in [1.29, 1.82) is 0 Å². The van der Waals surface area contributed by atoms with Gasteiger partial charge in [-0.1, -0.05) is 12.1 Å². The molecule has 0 heterocycles. The zero-order chi connectivity index (χ0) is 12.1. The summed E-state index contributed by atoms with van der Waals surface area (Å²) < 4.78 is 0. The molecule has 0 aliphatic heterocycles. The molecule has 0 aliphatic rings. The van der Waals surface area contributed by atoms with Crippen molar-refractivity contribution >= 4 is 17.7 Å². The Morgan fingerprint density at radius 3 is 2.69 bits per heavy atom. The number of carbonyl (C=O) groups excluding carboxylic acids is 1. The average molecular weight is 223 g/mol. The van der Waals surface area contributed by atoms with E-state index in [0.717, 1.165) is 5.56 Å². The van der Waals surface area contributed by atoms with Gasteiger partial charge in [0.25, 0.3) is 0 Å². The van der Waals surface area contributed by atoms with Crippen molar-refractivity contribution in [3.8, 4) is 0 Å². The molecule has 2 amide bonds. The van der Waals surface area contributed by atoms with Gasteiger partial charge in [0.2, 0.25) is 0 Å². The second-order valence-electron chi connectivity index (χ2n) is 3.34. The van der Waals surface area contributed by atoms with Gasteiger partial charge in [0, 0.05) is 5.69 Å². The smallest absolute Gasteiger partial charge is 0.320 e. The third-order valence-electron chi connectivity index (χ3n) is 1.97. The molecule has 0 radical (unpaired) electrons. The van der Waals surface area contributed by atoms with Crippen LogP contribution in [0.25, 0.3) is 0 Å². The number of nitrogens with one attached hydrogen (secondary N) is 1. The summed E-state index contributed by atoms with van der Waals surface area (Å²) in [5.74, 6) is -1.06. The van der Waals surface area contributed by atoms with Crippen LogP contribution in [-0.2, 0) is 11.2 Å². The van der Waals surface area contributed by atoms with Crippen LogP contribution in [0.1, 0.15) is 5.56 Å². The van der Waals surface area contributed by atoms with Gasteiger partial charge in [-0.15, -0.1) is 0 Å². The van der Waals surface area contributed by atoms with E-state index in [2.05, 4.69) is 5.32 Å². The van der Waals surface area contributed by atoms with Crippen LogP contribution in [0.3, 0.4) is 0 Å². The number of amides is 2. The van der Waals surface area contributed by atoms with Crippen LogP contribution in [0.2, 0.25) is 0 Å². The number of carbonyl (C=O) groups is 2. The number of anilines is 1. The van der Waals surface area contributed by atoms with Crippen LogP contribution in [-0.4, -0.2) is 23.1 Å². The largest absolute Gasteiger partial charge is 0.480 e. The van der Waals surface area contributed by atoms with Gasteiger partial charge in [0.05, 0.1) is 0 Å². The van der Waals surface area contributed by atoms with E-state index in [1.807, 2.05) is 0 Å². The van der Waals surface area contributed by atoms with Crippen LogP contribution in [0.15, 0.2) is 24.3 Å². The van der Waals surface area contributed by atoms with Gasteiger partial charge < -0.3 is 21.9 Å². The Balaban J connectivity index is 2.74. The van der Waals surface area contributed by atoms with Gasteiger partial charge in [-0.25, -0.2) is 4.79 Å². The highest BCUT2D eigenvalue weighted by Gasteiger charge is 2.12. The lowest BCUT2D eigenvalue weighted by molar-refractivity contribution is -0.138. The molecule has 0 bridgehead atoms. The Morgan fingerprint density at radius 2 is 2.12 bits per heavy atom. The fourth-order valence-electron chi connectivity index (χ4n) is 1.26. The molecule has 1 atom stereocenters. The minimum atomic E-state index is -1.06. The highest BCUT2D eigenvalue weighted by atomic mass is 16.4. The third kappa shape index (κ3) is 3.58. The zero-order valence-corrected chi connectivity index (χ0v) is 8.51. The lowest BCUT2D eigenvalue weighted by Crippen LogP contribution is -2.32. The average Bonchev–Trinajstić information content (AvgIpc) is 2.16. The molecule has 1 aromatic carbocycles. The van der Waals surface area contributed by atoms with Gasteiger partial charge in [-0.3, -0.25) is 4.79 Å². The van der Waals surface area contributed by atoms with Crippen molar-refractivity contribution in [3.63, 3.8) is 0 Å². The fourth-order valence-corrected chi connectivity index (χ4v) is 1.26. The molecule has 6 heteroatoms. The van der Waals surface area contributed by atoms with E-state index in [1.165, 1.54) is 0 Å². The summed E-state index contributed by atoms with van der Waals surface area (Å²) in [5.41, 5.74) is 11.6. The van der Waals surface area contributed by atoms with Crippen LogP contribution < -0.4 is 16.8 Å². The van der Waals surface area contributed by atoms with Crippen molar-refractivity contribution in [2.75, 3.05) is 5.32 Å². The van der Waals surface area contributed by atoms with Gasteiger partial charge >= 0.3 is 12.0 Å². The van der Waals surface area contributed by atoms with E-state index in [9.17, 15) is 9.59 Å². The number of hydrogen-bond acceptors (Lipinski definition) is 3. The summed E-state index contributed by atoms with van der Waals surface area (Å²) in [7, 11) is 0. The Kier molecular flexibility index (Phi) is 3.84. The Morgan fingerprint density at radius 1 is 1.44 bits per heavy atom. The number of carboxylic acids is 1. The molecule has 1 unspecified atom stereocenters. The lowest BCUT2D eigenvalue weighted by Gasteiger charge is -2.08. The molecule has 0 saturated heterocycles. The number of aliphatic carboxylic acids is 1. The predicted molar refractivity (Wildman–Crippen MR) is 59.0 cm³/mol.